The molecule has 53 heavy (non-hydrogen) atoms. The number of hydrogen-bond acceptors (Lipinski definition) is 7. The monoisotopic (exact) mass is 702 g/mol. The van der Waals surface area contributed by atoms with Crippen molar-refractivity contribution in [2.75, 3.05) is 6.61 Å². The Morgan fingerprint density at radius 3 is 1.83 bits per heavy atom. The number of aliphatic hydroxyl groups is 1. The number of aryl methyl sites for hydroxylation is 1. The average Bonchev–Trinajstić information content (AvgIpc) is 3.83. The predicted molar refractivity (Wildman–Crippen MR) is 205 cm³/mol. The van der Waals surface area contributed by atoms with E-state index < -0.39 is 17.6 Å². The highest BCUT2D eigenvalue weighted by Crippen LogP contribution is 2.40. The van der Waals surface area contributed by atoms with Crippen LogP contribution >= 0.6 is 0 Å². The summed E-state index contributed by atoms with van der Waals surface area (Å²) < 4.78 is 7.22. The largest absolute Gasteiger partial charge is 0.461 e. The molecule has 0 spiro atoms. The van der Waals surface area contributed by atoms with Gasteiger partial charge in [0.15, 0.2) is 11.2 Å². The zero-order chi connectivity index (χ0) is 36.8. The lowest BCUT2D eigenvalue weighted by atomic mass is 9.77. The average molecular weight is 703 g/mol. The molecular formula is C44H42N6O3. The summed E-state index contributed by atoms with van der Waals surface area (Å²) in [5.74, 6) is 0.728. The summed E-state index contributed by atoms with van der Waals surface area (Å²) in [6.07, 6.45) is 0.609. The zero-order valence-corrected chi connectivity index (χ0v) is 30.1. The van der Waals surface area contributed by atoms with E-state index in [-0.39, 0.29) is 12.3 Å². The molecule has 0 aliphatic carbocycles. The predicted octanol–water partition coefficient (Wildman–Crippen LogP) is 8.27. The van der Waals surface area contributed by atoms with E-state index in [2.05, 4.69) is 78.6 Å². The second-order valence-corrected chi connectivity index (χ2v) is 12.9. The first-order valence-corrected chi connectivity index (χ1v) is 18.1. The van der Waals surface area contributed by atoms with Crippen molar-refractivity contribution in [1.29, 1.82) is 0 Å². The van der Waals surface area contributed by atoms with E-state index in [4.69, 9.17) is 20.1 Å². The number of nitrogens with zero attached hydrogens (tertiary/aromatic N) is 6. The van der Waals surface area contributed by atoms with Crippen molar-refractivity contribution in [2.45, 2.75) is 51.8 Å². The minimum atomic E-state index is -0.899. The first kappa shape index (κ1) is 35.2. The number of ether oxygens (including phenoxy) is 1. The highest BCUT2D eigenvalue weighted by atomic mass is 16.5. The number of aliphatic hydroxyl groups excluding tert-OH is 1. The summed E-state index contributed by atoms with van der Waals surface area (Å²) >= 11 is 0. The summed E-state index contributed by atoms with van der Waals surface area (Å²) in [7, 11) is 0. The van der Waals surface area contributed by atoms with Gasteiger partial charge in [0.25, 0.3) is 0 Å². The molecule has 0 saturated heterocycles. The highest BCUT2D eigenvalue weighted by molar-refractivity contribution is 5.89. The van der Waals surface area contributed by atoms with Crippen molar-refractivity contribution in [1.82, 2.24) is 29.8 Å². The molecule has 0 aliphatic rings. The molecule has 0 radical (unpaired) electrons. The SMILES string of the molecule is CCCc1nc(C(=O)OCC)c(C(C)O)n1Cc1ccc(-c2ccccc2-c2nnn(C(c3ccccc3)(c3ccccc3)c3ccccc3)n2)cc1. The summed E-state index contributed by atoms with van der Waals surface area (Å²) in [6.45, 7) is 6.15. The lowest BCUT2D eigenvalue weighted by Gasteiger charge is -2.34. The van der Waals surface area contributed by atoms with E-state index in [9.17, 15) is 9.90 Å². The number of esters is 1. The van der Waals surface area contributed by atoms with Gasteiger partial charge in [-0.1, -0.05) is 146 Å². The molecule has 266 valence electrons. The van der Waals surface area contributed by atoms with Crippen molar-refractivity contribution < 1.29 is 14.6 Å². The van der Waals surface area contributed by atoms with Gasteiger partial charge >= 0.3 is 5.97 Å². The van der Waals surface area contributed by atoms with Crippen LogP contribution in [0.25, 0.3) is 22.5 Å². The molecule has 0 saturated carbocycles. The number of carbonyl (C=O) groups is 1. The van der Waals surface area contributed by atoms with Crippen molar-refractivity contribution in [3.8, 4) is 22.5 Å². The van der Waals surface area contributed by atoms with E-state index >= 15 is 0 Å². The second-order valence-electron chi connectivity index (χ2n) is 12.9. The Morgan fingerprint density at radius 1 is 0.755 bits per heavy atom. The minimum Gasteiger partial charge on any atom is -0.461 e. The standard InChI is InChI=1S/C44H42N6O3/c1-4-17-39-45-40(43(52)53-5-2)41(31(3)51)49(39)30-32-26-28-33(29-27-32)37-24-15-16-25-38(37)42-46-48-50(47-42)44(34-18-9-6-10-19-34,35-20-11-7-12-21-35)36-22-13-8-14-23-36/h6-16,18-29,31,51H,4-5,17,30H2,1-3H3. The number of carbonyl (C=O) groups excluding carboxylic acids is 1. The van der Waals surface area contributed by atoms with E-state index in [1.165, 1.54) is 0 Å². The molecule has 9 heteroatoms. The van der Waals surface area contributed by atoms with Crippen LogP contribution in [-0.2, 0) is 23.2 Å². The topological polar surface area (TPSA) is 108 Å². The third kappa shape index (κ3) is 6.79. The van der Waals surface area contributed by atoms with Crippen molar-refractivity contribution in [3.63, 3.8) is 0 Å². The van der Waals surface area contributed by atoms with E-state index in [0.29, 0.717) is 24.5 Å². The first-order chi connectivity index (χ1) is 25.9. The van der Waals surface area contributed by atoms with Gasteiger partial charge in [-0.3, -0.25) is 0 Å². The number of benzene rings is 5. The van der Waals surface area contributed by atoms with Gasteiger partial charge in [-0.25, -0.2) is 9.78 Å². The molecular weight excluding hydrogens is 661 g/mol. The Balaban J connectivity index is 1.27. The number of imidazole rings is 1. The van der Waals surface area contributed by atoms with Gasteiger partial charge in [-0.05, 0) is 58.9 Å². The molecule has 0 amide bonds. The summed E-state index contributed by atoms with van der Waals surface area (Å²) in [5, 5.41) is 25.4. The molecule has 2 aromatic heterocycles. The maximum absolute atomic E-state index is 12.8. The lowest BCUT2D eigenvalue weighted by molar-refractivity contribution is 0.0512. The Hall–Kier alpha value is -6.19. The molecule has 0 fully saturated rings. The summed E-state index contributed by atoms with van der Waals surface area (Å²) in [4.78, 5) is 19.2. The second kappa shape index (κ2) is 15.6. The molecule has 1 N–H and O–H groups in total. The number of hydrogen-bond donors (Lipinski definition) is 1. The van der Waals surface area contributed by atoms with Crippen molar-refractivity contribution in [2.24, 2.45) is 0 Å². The lowest BCUT2D eigenvalue weighted by Crippen LogP contribution is -2.39. The van der Waals surface area contributed by atoms with Gasteiger partial charge in [-0.15, -0.1) is 15.0 Å². The van der Waals surface area contributed by atoms with E-state index in [1.54, 1.807) is 18.6 Å². The van der Waals surface area contributed by atoms with Crippen LogP contribution in [0.1, 0.15) is 77.6 Å². The normalized spacial score (nSPS) is 12.1. The fraction of sp³-hybridized carbons (Fsp3) is 0.205. The molecule has 9 nitrogen and oxygen atoms in total. The smallest absolute Gasteiger partial charge is 0.358 e. The molecule has 2 heterocycles. The molecule has 1 unspecified atom stereocenters. The van der Waals surface area contributed by atoms with Gasteiger partial charge in [0.05, 0.1) is 18.4 Å². The zero-order valence-electron chi connectivity index (χ0n) is 30.1. The molecule has 0 aliphatic heterocycles. The molecule has 5 aromatic carbocycles. The number of tetrazole rings is 1. The van der Waals surface area contributed by atoms with Crippen LogP contribution in [0.4, 0.5) is 0 Å². The van der Waals surface area contributed by atoms with Crippen LogP contribution in [0, 0.1) is 0 Å². The third-order valence-corrected chi connectivity index (χ3v) is 9.49. The minimum absolute atomic E-state index is 0.173. The Kier molecular flexibility index (Phi) is 10.4. The molecule has 7 aromatic rings. The fourth-order valence-corrected chi connectivity index (χ4v) is 7.13. The van der Waals surface area contributed by atoms with Gasteiger partial charge in [0.1, 0.15) is 5.82 Å². The quantitative estimate of drug-likeness (QED) is 0.0952. The molecule has 7 rings (SSSR count). The van der Waals surface area contributed by atoms with Crippen LogP contribution in [0.5, 0.6) is 0 Å². The van der Waals surface area contributed by atoms with E-state index in [1.807, 2.05) is 77.4 Å². The Morgan fingerprint density at radius 2 is 1.30 bits per heavy atom. The molecule has 1 atom stereocenters. The van der Waals surface area contributed by atoms with E-state index in [0.717, 1.165) is 51.2 Å². The van der Waals surface area contributed by atoms with Crippen molar-refractivity contribution in [3.05, 3.63) is 179 Å². The summed E-state index contributed by atoms with van der Waals surface area (Å²) in [6, 6.07) is 47.3. The number of rotatable bonds is 13. The number of aromatic nitrogens is 6. The highest BCUT2D eigenvalue weighted by Gasteiger charge is 2.41. The van der Waals surface area contributed by atoms with Crippen LogP contribution < -0.4 is 0 Å². The van der Waals surface area contributed by atoms with Crippen LogP contribution in [0.3, 0.4) is 0 Å². The maximum atomic E-state index is 12.8. The third-order valence-electron chi connectivity index (χ3n) is 9.49. The maximum Gasteiger partial charge on any atom is 0.358 e. The van der Waals surface area contributed by atoms with Crippen LogP contribution in [0.15, 0.2) is 140 Å². The summed E-state index contributed by atoms with van der Waals surface area (Å²) in [5.41, 5.74) is 6.60. The van der Waals surface area contributed by atoms with Crippen LogP contribution in [0.2, 0.25) is 0 Å². The fourth-order valence-electron chi connectivity index (χ4n) is 7.13. The first-order valence-electron chi connectivity index (χ1n) is 18.1. The Bertz CT molecular complexity index is 2180. The van der Waals surface area contributed by atoms with Gasteiger partial charge in [0, 0.05) is 18.5 Å². The molecule has 0 bridgehead atoms. The van der Waals surface area contributed by atoms with Crippen LogP contribution in [-0.4, -0.2) is 47.4 Å². The van der Waals surface area contributed by atoms with Crippen molar-refractivity contribution >= 4 is 5.97 Å². The Labute approximate surface area is 309 Å². The van der Waals surface area contributed by atoms with Gasteiger partial charge in [-0.2, -0.15) is 0 Å². The van der Waals surface area contributed by atoms with Gasteiger partial charge < -0.3 is 14.4 Å². The van der Waals surface area contributed by atoms with Gasteiger partial charge in [0.2, 0.25) is 5.82 Å².